The fourth-order valence-corrected chi connectivity index (χ4v) is 4.28. The Labute approximate surface area is 166 Å². The highest BCUT2D eigenvalue weighted by molar-refractivity contribution is 7.98. The van der Waals surface area contributed by atoms with Gasteiger partial charge in [-0.05, 0) is 43.6 Å². The summed E-state index contributed by atoms with van der Waals surface area (Å²) in [5.41, 5.74) is 2.48. The van der Waals surface area contributed by atoms with E-state index in [9.17, 15) is 0 Å². The molecule has 138 valence electrons. The van der Waals surface area contributed by atoms with Gasteiger partial charge in [0, 0.05) is 35.0 Å². The molecule has 1 aliphatic heterocycles. The van der Waals surface area contributed by atoms with Crippen molar-refractivity contribution in [1.82, 2.24) is 5.32 Å². The molecule has 0 saturated carbocycles. The molecule has 3 N–H and O–H groups in total. The summed E-state index contributed by atoms with van der Waals surface area (Å²) in [6, 6.07) is 19.7. The smallest absolute Gasteiger partial charge is 0.170 e. The first-order valence-electron chi connectivity index (χ1n) is 9.24. The third kappa shape index (κ3) is 5.22. The zero-order valence-corrected chi connectivity index (χ0v) is 17.1. The van der Waals surface area contributed by atoms with E-state index in [1.807, 2.05) is 0 Å². The van der Waals surface area contributed by atoms with Gasteiger partial charge in [0.25, 0.3) is 0 Å². The van der Waals surface area contributed by atoms with Gasteiger partial charge in [-0.15, -0.1) is 11.8 Å². The van der Waals surface area contributed by atoms with Crippen LogP contribution in [0.1, 0.15) is 24.9 Å². The molecule has 1 heterocycles. The van der Waals surface area contributed by atoms with Crippen molar-refractivity contribution in [3.05, 3.63) is 60.2 Å². The molecule has 0 aromatic heterocycles. The second kappa shape index (κ2) is 9.40. The van der Waals surface area contributed by atoms with Crippen LogP contribution in [0.3, 0.4) is 0 Å². The topological polar surface area (TPSA) is 28.5 Å². The number of hydrogen-bond donors (Lipinski definition) is 3. The molecular formula is C21H28N3S2+. The van der Waals surface area contributed by atoms with Crippen molar-refractivity contribution >= 4 is 34.8 Å². The van der Waals surface area contributed by atoms with Gasteiger partial charge in [0.1, 0.15) is 6.04 Å². The second-order valence-electron chi connectivity index (χ2n) is 6.97. The molecule has 0 radical (unpaired) electrons. The van der Waals surface area contributed by atoms with Crippen LogP contribution >= 0.6 is 24.0 Å². The molecule has 26 heavy (non-hydrogen) atoms. The number of rotatable bonds is 6. The van der Waals surface area contributed by atoms with Gasteiger partial charge in [-0.2, -0.15) is 0 Å². The number of thioether (sulfide) groups is 1. The molecule has 0 aliphatic carbocycles. The van der Waals surface area contributed by atoms with Crippen LogP contribution in [0.15, 0.2) is 59.5 Å². The van der Waals surface area contributed by atoms with Crippen LogP contribution in [0.5, 0.6) is 0 Å². The van der Waals surface area contributed by atoms with Crippen molar-refractivity contribution in [1.29, 1.82) is 0 Å². The summed E-state index contributed by atoms with van der Waals surface area (Å²) in [4.78, 5) is 2.91. The number of hydrogen-bond acceptors (Lipinski definition) is 2. The minimum atomic E-state index is 0.556. The Morgan fingerprint density at radius 3 is 2.81 bits per heavy atom. The monoisotopic (exact) mass is 386 g/mol. The van der Waals surface area contributed by atoms with Gasteiger partial charge >= 0.3 is 0 Å². The molecule has 1 fully saturated rings. The first-order valence-corrected chi connectivity index (χ1v) is 10.9. The van der Waals surface area contributed by atoms with Crippen LogP contribution in [0.4, 0.5) is 5.69 Å². The maximum absolute atomic E-state index is 5.47. The molecule has 5 heteroatoms. The maximum Gasteiger partial charge on any atom is 0.170 e. The number of anilines is 1. The van der Waals surface area contributed by atoms with Crippen molar-refractivity contribution in [2.45, 2.75) is 24.3 Å². The van der Waals surface area contributed by atoms with E-state index in [0.29, 0.717) is 17.1 Å². The summed E-state index contributed by atoms with van der Waals surface area (Å²) in [6.45, 7) is 5.72. The van der Waals surface area contributed by atoms with Crippen molar-refractivity contribution < 1.29 is 4.90 Å². The van der Waals surface area contributed by atoms with Crippen molar-refractivity contribution in [3.8, 4) is 0 Å². The van der Waals surface area contributed by atoms with Crippen LogP contribution in [-0.4, -0.2) is 31.0 Å². The van der Waals surface area contributed by atoms with E-state index < -0.39 is 0 Å². The highest BCUT2D eigenvalue weighted by Gasteiger charge is 2.30. The zero-order chi connectivity index (χ0) is 18.4. The Morgan fingerprint density at radius 2 is 2.04 bits per heavy atom. The predicted octanol–water partition coefficient (Wildman–Crippen LogP) is 3.36. The number of thiocarbonyl (C=S) groups is 1. The minimum absolute atomic E-state index is 0.556. The van der Waals surface area contributed by atoms with Gasteiger partial charge in [-0.3, -0.25) is 0 Å². The highest BCUT2D eigenvalue weighted by Crippen LogP contribution is 2.19. The van der Waals surface area contributed by atoms with Gasteiger partial charge in [-0.25, -0.2) is 0 Å². The van der Waals surface area contributed by atoms with Crippen LogP contribution in [0.25, 0.3) is 0 Å². The summed E-state index contributed by atoms with van der Waals surface area (Å²) in [5.74, 6) is 0.674. The summed E-state index contributed by atoms with van der Waals surface area (Å²) in [6.07, 6.45) is 3.34. The lowest BCUT2D eigenvalue weighted by molar-refractivity contribution is -0.919. The molecule has 3 atom stereocenters. The number of quaternary nitrogens is 1. The summed E-state index contributed by atoms with van der Waals surface area (Å²) >= 11 is 7.21. The average Bonchev–Trinajstić information content (AvgIpc) is 3.15. The number of nitrogens with one attached hydrogen (secondary N) is 3. The van der Waals surface area contributed by atoms with Crippen molar-refractivity contribution in [2.24, 2.45) is 5.92 Å². The van der Waals surface area contributed by atoms with E-state index in [4.69, 9.17) is 12.2 Å². The lowest BCUT2D eigenvalue weighted by atomic mass is 10.1. The maximum atomic E-state index is 5.47. The van der Waals surface area contributed by atoms with Gasteiger partial charge in [0.05, 0.1) is 13.1 Å². The average molecular weight is 387 g/mol. The third-order valence-corrected chi connectivity index (χ3v) is 6.19. The fraction of sp³-hybridized carbons (Fsp3) is 0.381. The Kier molecular flexibility index (Phi) is 6.94. The van der Waals surface area contributed by atoms with E-state index in [0.717, 1.165) is 12.2 Å². The molecule has 1 aliphatic rings. The van der Waals surface area contributed by atoms with E-state index in [1.54, 1.807) is 16.7 Å². The minimum Gasteiger partial charge on any atom is -0.362 e. The molecule has 3 nitrogen and oxygen atoms in total. The van der Waals surface area contributed by atoms with Crippen molar-refractivity contribution in [2.75, 3.05) is 31.2 Å². The third-order valence-electron chi connectivity index (χ3n) is 5.22. The van der Waals surface area contributed by atoms with Gasteiger partial charge < -0.3 is 15.5 Å². The molecule has 0 amide bonds. The molecule has 0 bridgehead atoms. The Hall–Kier alpha value is -1.56. The zero-order valence-electron chi connectivity index (χ0n) is 15.5. The fourth-order valence-electron chi connectivity index (χ4n) is 3.62. The van der Waals surface area contributed by atoms with E-state index >= 15 is 0 Å². The molecule has 1 saturated heterocycles. The molecule has 0 spiro atoms. The van der Waals surface area contributed by atoms with Crippen LogP contribution < -0.4 is 15.5 Å². The summed E-state index contributed by atoms with van der Waals surface area (Å²) in [5, 5.41) is 7.43. The molecule has 3 unspecified atom stereocenters. The van der Waals surface area contributed by atoms with Gasteiger partial charge in [-0.1, -0.05) is 36.4 Å². The van der Waals surface area contributed by atoms with E-state index in [-0.39, 0.29) is 0 Å². The Bertz CT molecular complexity index is 720. The molecular weight excluding hydrogens is 358 g/mol. The lowest BCUT2D eigenvalue weighted by Crippen LogP contribution is -3.10. The first-order chi connectivity index (χ1) is 12.7. The summed E-state index contributed by atoms with van der Waals surface area (Å²) < 4.78 is 0. The standard InChI is InChI=1S/C21H27N3S2/c1-16(18-7-4-3-5-8-18)24-12-11-17(15-24)14-22-21(25)23-19-9-6-10-20(13-19)26-2/h3-10,13,16-17H,11-12,14-15H2,1-2H3,(H2,22,23,25)/p+1. The summed E-state index contributed by atoms with van der Waals surface area (Å²) in [7, 11) is 0. The van der Waals surface area contributed by atoms with Crippen LogP contribution in [0.2, 0.25) is 0 Å². The normalized spacial score (nSPS) is 20.5. The highest BCUT2D eigenvalue weighted by atomic mass is 32.2. The predicted molar refractivity (Wildman–Crippen MR) is 116 cm³/mol. The number of benzene rings is 2. The van der Waals surface area contributed by atoms with Crippen LogP contribution in [-0.2, 0) is 0 Å². The SMILES string of the molecule is CSc1cccc(NC(=S)NCC2CC[NH+](C(C)c3ccccc3)C2)c1. The largest absolute Gasteiger partial charge is 0.362 e. The molecule has 3 rings (SSSR count). The lowest BCUT2D eigenvalue weighted by Gasteiger charge is -2.22. The van der Waals surface area contributed by atoms with Gasteiger partial charge in [0.2, 0.25) is 0 Å². The Balaban J connectivity index is 1.44. The van der Waals surface area contributed by atoms with E-state index in [1.165, 1.54) is 30.0 Å². The van der Waals surface area contributed by atoms with Gasteiger partial charge in [0.15, 0.2) is 5.11 Å². The molecule has 2 aromatic rings. The molecule has 2 aromatic carbocycles. The first kappa shape index (κ1) is 19.2. The van der Waals surface area contributed by atoms with E-state index in [2.05, 4.69) is 78.4 Å². The number of likely N-dealkylation sites (tertiary alicyclic amines) is 1. The Morgan fingerprint density at radius 1 is 1.23 bits per heavy atom. The quantitative estimate of drug-likeness (QED) is 0.524. The van der Waals surface area contributed by atoms with Crippen molar-refractivity contribution in [3.63, 3.8) is 0 Å². The second-order valence-corrected chi connectivity index (χ2v) is 8.25. The van der Waals surface area contributed by atoms with Crippen LogP contribution in [0, 0.1) is 5.92 Å².